The van der Waals surface area contributed by atoms with Crippen LogP contribution < -0.4 is 5.32 Å². The van der Waals surface area contributed by atoms with Crippen molar-refractivity contribution in [3.05, 3.63) is 30.1 Å². The zero-order valence-electron chi connectivity index (χ0n) is 11.6. The molecule has 0 saturated carbocycles. The van der Waals surface area contributed by atoms with Crippen molar-refractivity contribution >= 4 is 16.9 Å². The maximum atomic E-state index is 12.2. The molecule has 3 rings (SSSR count). The zero-order valence-corrected chi connectivity index (χ0v) is 11.6. The van der Waals surface area contributed by atoms with Gasteiger partial charge in [0.25, 0.3) is 0 Å². The van der Waals surface area contributed by atoms with Crippen LogP contribution in [0.25, 0.3) is 11.0 Å². The second-order valence-electron chi connectivity index (χ2n) is 5.17. The van der Waals surface area contributed by atoms with E-state index in [1.165, 1.54) is 0 Å². The Kier molecular flexibility index (Phi) is 3.69. The number of hydrogen-bond acceptors (Lipinski definition) is 3. The van der Waals surface area contributed by atoms with Crippen molar-refractivity contribution in [2.24, 2.45) is 5.92 Å². The third-order valence-corrected chi connectivity index (χ3v) is 3.76. The van der Waals surface area contributed by atoms with Crippen LogP contribution in [0, 0.1) is 5.92 Å². The summed E-state index contributed by atoms with van der Waals surface area (Å²) in [4.78, 5) is 20.0. The van der Waals surface area contributed by atoms with Gasteiger partial charge in [-0.2, -0.15) is 0 Å². The van der Waals surface area contributed by atoms with E-state index in [2.05, 4.69) is 15.3 Å². The predicted molar refractivity (Wildman–Crippen MR) is 76.2 cm³/mol. The standard InChI is InChI=1S/C15H19N3O2/c1-2-11(18-15(19)10-7-8-20-9-10)14-16-12-5-3-4-6-13(12)17-14/h3-6,10-11H,2,7-9H2,1H3,(H,16,17)(H,18,19)/t10-,11+/m0/s1. The first-order valence-corrected chi connectivity index (χ1v) is 7.10. The van der Waals surface area contributed by atoms with Crippen molar-refractivity contribution in [1.29, 1.82) is 0 Å². The van der Waals surface area contributed by atoms with Crippen LogP contribution in [-0.2, 0) is 9.53 Å². The number of hydrogen-bond donors (Lipinski definition) is 2. The highest BCUT2D eigenvalue weighted by atomic mass is 16.5. The fourth-order valence-electron chi connectivity index (χ4n) is 2.53. The second kappa shape index (κ2) is 5.63. The summed E-state index contributed by atoms with van der Waals surface area (Å²) in [5.74, 6) is 0.865. The quantitative estimate of drug-likeness (QED) is 0.897. The molecular weight excluding hydrogens is 254 g/mol. The molecule has 0 bridgehead atoms. The van der Waals surface area contributed by atoms with Crippen molar-refractivity contribution in [3.8, 4) is 0 Å². The summed E-state index contributed by atoms with van der Waals surface area (Å²) in [6.07, 6.45) is 1.61. The Labute approximate surface area is 117 Å². The van der Waals surface area contributed by atoms with Crippen molar-refractivity contribution in [2.75, 3.05) is 13.2 Å². The molecule has 1 aromatic heterocycles. The summed E-state index contributed by atoms with van der Waals surface area (Å²) < 4.78 is 5.26. The van der Waals surface area contributed by atoms with E-state index in [1.807, 2.05) is 31.2 Å². The number of aromatic nitrogens is 2. The lowest BCUT2D eigenvalue weighted by Crippen LogP contribution is -2.34. The molecular formula is C15H19N3O2. The molecule has 106 valence electrons. The number of nitrogens with zero attached hydrogens (tertiary/aromatic N) is 1. The number of carbonyl (C=O) groups is 1. The Morgan fingerprint density at radius 1 is 1.55 bits per heavy atom. The van der Waals surface area contributed by atoms with Gasteiger partial charge >= 0.3 is 0 Å². The maximum Gasteiger partial charge on any atom is 0.226 e. The molecule has 2 atom stereocenters. The minimum Gasteiger partial charge on any atom is -0.381 e. The van der Waals surface area contributed by atoms with Crippen LogP contribution in [0.3, 0.4) is 0 Å². The Morgan fingerprint density at radius 3 is 3.10 bits per heavy atom. The van der Waals surface area contributed by atoms with E-state index in [9.17, 15) is 4.79 Å². The van der Waals surface area contributed by atoms with Gasteiger partial charge in [-0.1, -0.05) is 19.1 Å². The van der Waals surface area contributed by atoms with Crippen LogP contribution in [0.2, 0.25) is 0 Å². The normalized spacial score (nSPS) is 20.1. The molecule has 5 nitrogen and oxygen atoms in total. The molecule has 20 heavy (non-hydrogen) atoms. The first-order chi connectivity index (χ1) is 9.78. The van der Waals surface area contributed by atoms with Gasteiger partial charge < -0.3 is 15.0 Å². The lowest BCUT2D eigenvalue weighted by molar-refractivity contribution is -0.125. The minimum atomic E-state index is -0.0736. The number of fused-ring (bicyclic) bond motifs is 1. The van der Waals surface area contributed by atoms with Crippen LogP contribution in [0.4, 0.5) is 0 Å². The summed E-state index contributed by atoms with van der Waals surface area (Å²) >= 11 is 0. The molecule has 2 N–H and O–H groups in total. The van der Waals surface area contributed by atoms with E-state index in [0.717, 1.165) is 29.7 Å². The maximum absolute atomic E-state index is 12.2. The van der Waals surface area contributed by atoms with Gasteiger partial charge in [0.2, 0.25) is 5.91 Å². The van der Waals surface area contributed by atoms with Gasteiger partial charge in [0.15, 0.2) is 0 Å². The number of imidazole rings is 1. The number of nitrogens with one attached hydrogen (secondary N) is 2. The van der Waals surface area contributed by atoms with Crippen LogP contribution >= 0.6 is 0 Å². The molecule has 0 aliphatic carbocycles. The summed E-state index contributed by atoms with van der Waals surface area (Å²) in [6.45, 7) is 3.26. The van der Waals surface area contributed by atoms with E-state index >= 15 is 0 Å². The lowest BCUT2D eigenvalue weighted by atomic mass is 10.1. The molecule has 2 aromatic rings. The number of aromatic amines is 1. The highest BCUT2D eigenvalue weighted by molar-refractivity contribution is 5.80. The Bertz CT molecular complexity index is 569. The molecule has 5 heteroatoms. The lowest BCUT2D eigenvalue weighted by Gasteiger charge is -2.17. The van der Waals surface area contributed by atoms with Gasteiger partial charge in [-0.3, -0.25) is 4.79 Å². The van der Waals surface area contributed by atoms with Crippen molar-refractivity contribution in [3.63, 3.8) is 0 Å². The number of carbonyl (C=O) groups excluding carboxylic acids is 1. The smallest absolute Gasteiger partial charge is 0.226 e. The van der Waals surface area contributed by atoms with E-state index in [0.29, 0.717) is 13.2 Å². The van der Waals surface area contributed by atoms with Crippen LogP contribution in [0.5, 0.6) is 0 Å². The molecule has 1 saturated heterocycles. The Balaban J connectivity index is 1.76. The fourth-order valence-corrected chi connectivity index (χ4v) is 2.53. The summed E-state index contributed by atoms with van der Waals surface area (Å²) in [5.41, 5.74) is 1.93. The van der Waals surface area contributed by atoms with Gasteiger partial charge in [-0.15, -0.1) is 0 Å². The zero-order chi connectivity index (χ0) is 13.9. The fraction of sp³-hybridized carbons (Fsp3) is 0.467. The monoisotopic (exact) mass is 273 g/mol. The van der Waals surface area contributed by atoms with Crippen molar-refractivity contribution in [2.45, 2.75) is 25.8 Å². The highest BCUT2D eigenvalue weighted by Crippen LogP contribution is 2.20. The number of amides is 1. The molecule has 0 unspecified atom stereocenters. The molecule has 2 heterocycles. The summed E-state index contributed by atoms with van der Waals surface area (Å²) in [7, 11) is 0. The Hall–Kier alpha value is -1.88. The molecule has 1 amide bonds. The van der Waals surface area contributed by atoms with Gasteiger partial charge in [-0.25, -0.2) is 4.98 Å². The molecule has 0 spiro atoms. The average Bonchev–Trinajstić information content (AvgIpc) is 3.12. The SMILES string of the molecule is CC[C@@H](NC(=O)[C@H]1CCOC1)c1nc2ccccc2[nH]1. The van der Waals surface area contributed by atoms with Gasteiger partial charge in [0.05, 0.1) is 29.6 Å². The number of H-pyrrole nitrogens is 1. The number of benzene rings is 1. The summed E-state index contributed by atoms with van der Waals surface area (Å²) in [5, 5.41) is 3.07. The molecule has 0 radical (unpaired) electrons. The average molecular weight is 273 g/mol. The van der Waals surface area contributed by atoms with Crippen molar-refractivity contribution in [1.82, 2.24) is 15.3 Å². The molecule has 1 fully saturated rings. The molecule has 1 aliphatic heterocycles. The topological polar surface area (TPSA) is 67.0 Å². The molecule has 1 aliphatic rings. The van der Waals surface area contributed by atoms with Gasteiger partial charge in [0, 0.05) is 6.61 Å². The third-order valence-electron chi connectivity index (χ3n) is 3.76. The van der Waals surface area contributed by atoms with E-state index < -0.39 is 0 Å². The predicted octanol–water partition coefficient (Wildman–Crippen LogP) is 2.17. The van der Waals surface area contributed by atoms with Crippen LogP contribution in [-0.4, -0.2) is 29.1 Å². The highest BCUT2D eigenvalue weighted by Gasteiger charge is 2.26. The van der Waals surface area contributed by atoms with E-state index in [1.54, 1.807) is 0 Å². The second-order valence-corrected chi connectivity index (χ2v) is 5.17. The minimum absolute atomic E-state index is 0.0200. The van der Waals surface area contributed by atoms with E-state index in [4.69, 9.17) is 4.74 Å². The third kappa shape index (κ3) is 2.54. The Morgan fingerprint density at radius 2 is 2.40 bits per heavy atom. The largest absolute Gasteiger partial charge is 0.381 e. The number of rotatable bonds is 4. The van der Waals surface area contributed by atoms with Gasteiger partial charge in [-0.05, 0) is 25.0 Å². The van der Waals surface area contributed by atoms with Gasteiger partial charge in [0.1, 0.15) is 5.82 Å². The molecule has 1 aromatic carbocycles. The van der Waals surface area contributed by atoms with Crippen LogP contribution in [0.1, 0.15) is 31.6 Å². The first-order valence-electron chi connectivity index (χ1n) is 7.10. The summed E-state index contributed by atoms with van der Waals surface area (Å²) in [6, 6.07) is 7.82. The first kappa shape index (κ1) is 13.1. The van der Waals surface area contributed by atoms with Crippen LogP contribution in [0.15, 0.2) is 24.3 Å². The van der Waals surface area contributed by atoms with Crippen molar-refractivity contribution < 1.29 is 9.53 Å². The number of ether oxygens (including phenoxy) is 1. The van der Waals surface area contributed by atoms with E-state index in [-0.39, 0.29) is 17.9 Å². The number of para-hydroxylation sites is 2.